The van der Waals surface area contributed by atoms with Gasteiger partial charge in [0.25, 0.3) is 0 Å². The highest BCUT2D eigenvalue weighted by atomic mass is 32.2. The minimum Gasteiger partial charge on any atom is -0.379 e. The second kappa shape index (κ2) is 9.43. The third kappa shape index (κ3) is 5.00. The Morgan fingerprint density at radius 2 is 2.00 bits per heavy atom. The summed E-state index contributed by atoms with van der Waals surface area (Å²) in [6, 6.07) is 12.0. The third-order valence-electron chi connectivity index (χ3n) is 5.24. The minimum atomic E-state index is -0.0991. The molecule has 0 aliphatic carbocycles. The molecule has 30 heavy (non-hydrogen) atoms. The van der Waals surface area contributed by atoms with E-state index in [1.807, 2.05) is 41.8 Å². The highest BCUT2D eigenvalue weighted by molar-refractivity contribution is 8.00. The number of ether oxygens (including phenoxy) is 1. The van der Waals surface area contributed by atoms with Crippen LogP contribution >= 0.6 is 23.1 Å². The first-order valence-corrected chi connectivity index (χ1v) is 11.9. The van der Waals surface area contributed by atoms with Gasteiger partial charge in [0.1, 0.15) is 5.03 Å². The SMILES string of the molecule is CC(C)(CNC(=O)CSc1nc(-c2cccs2)nc2ccccc12)N1CCOCC1. The van der Waals surface area contributed by atoms with Gasteiger partial charge in [0.05, 0.1) is 29.4 Å². The van der Waals surface area contributed by atoms with Gasteiger partial charge in [0.2, 0.25) is 5.91 Å². The molecule has 1 aliphatic heterocycles. The number of nitrogens with zero attached hydrogens (tertiary/aromatic N) is 3. The van der Waals surface area contributed by atoms with E-state index in [4.69, 9.17) is 14.7 Å². The van der Waals surface area contributed by atoms with Crippen LogP contribution in [0.5, 0.6) is 0 Å². The summed E-state index contributed by atoms with van der Waals surface area (Å²) in [6.07, 6.45) is 0. The summed E-state index contributed by atoms with van der Waals surface area (Å²) in [5, 5.41) is 6.93. The second-order valence-corrected chi connectivity index (χ2v) is 9.74. The number of aromatic nitrogens is 2. The minimum absolute atomic E-state index is 0.0155. The van der Waals surface area contributed by atoms with Crippen LogP contribution in [0, 0.1) is 0 Å². The fourth-order valence-electron chi connectivity index (χ4n) is 3.45. The van der Waals surface area contributed by atoms with Gasteiger partial charge in [-0.3, -0.25) is 9.69 Å². The van der Waals surface area contributed by atoms with Crippen molar-refractivity contribution in [3.05, 3.63) is 41.8 Å². The molecule has 0 bridgehead atoms. The number of nitrogens with one attached hydrogen (secondary N) is 1. The number of rotatable bonds is 7. The first kappa shape index (κ1) is 21.2. The van der Waals surface area contributed by atoms with E-state index in [9.17, 15) is 4.79 Å². The molecular formula is C22H26N4O2S2. The van der Waals surface area contributed by atoms with Gasteiger partial charge in [-0.2, -0.15) is 0 Å². The van der Waals surface area contributed by atoms with Gasteiger partial charge >= 0.3 is 0 Å². The Balaban J connectivity index is 1.42. The summed E-state index contributed by atoms with van der Waals surface area (Å²) in [4.78, 5) is 25.4. The van der Waals surface area contributed by atoms with Crippen LogP contribution < -0.4 is 5.32 Å². The van der Waals surface area contributed by atoms with Gasteiger partial charge in [-0.1, -0.05) is 36.0 Å². The number of para-hydroxylation sites is 1. The number of thiophene rings is 1. The fourth-order valence-corrected chi connectivity index (χ4v) is 4.96. The number of thioether (sulfide) groups is 1. The number of carbonyl (C=O) groups excluding carboxylic acids is 1. The zero-order valence-corrected chi connectivity index (χ0v) is 18.9. The van der Waals surface area contributed by atoms with E-state index < -0.39 is 0 Å². The van der Waals surface area contributed by atoms with Crippen LogP contribution in [-0.2, 0) is 9.53 Å². The summed E-state index contributed by atoms with van der Waals surface area (Å²) >= 11 is 3.08. The van der Waals surface area contributed by atoms with Crippen molar-refractivity contribution in [3.8, 4) is 10.7 Å². The van der Waals surface area contributed by atoms with Crippen LogP contribution in [0.3, 0.4) is 0 Å². The van der Waals surface area contributed by atoms with E-state index in [0.29, 0.717) is 18.1 Å². The summed E-state index contributed by atoms with van der Waals surface area (Å²) in [7, 11) is 0. The highest BCUT2D eigenvalue weighted by Crippen LogP contribution is 2.30. The number of hydrogen-bond donors (Lipinski definition) is 1. The average Bonchev–Trinajstić information content (AvgIpc) is 3.31. The van der Waals surface area contributed by atoms with Crippen molar-refractivity contribution in [2.75, 3.05) is 38.6 Å². The van der Waals surface area contributed by atoms with Gasteiger partial charge < -0.3 is 10.1 Å². The van der Waals surface area contributed by atoms with Gasteiger partial charge in [-0.15, -0.1) is 11.3 Å². The molecule has 1 fully saturated rings. The lowest BCUT2D eigenvalue weighted by Crippen LogP contribution is -2.55. The molecule has 1 amide bonds. The average molecular weight is 443 g/mol. The van der Waals surface area contributed by atoms with Crippen LogP contribution in [-0.4, -0.2) is 64.9 Å². The summed E-state index contributed by atoms with van der Waals surface area (Å²) < 4.78 is 5.44. The van der Waals surface area contributed by atoms with Crippen LogP contribution in [0.2, 0.25) is 0 Å². The number of amides is 1. The topological polar surface area (TPSA) is 67.4 Å². The quantitative estimate of drug-likeness (QED) is 0.445. The molecule has 158 valence electrons. The van der Waals surface area contributed by atoms with E-state index in [1.165, 1.54) is 11.8 Å². The van der Waals surface area contributed by atoms with Crippen molar-refractivity contribution in [3.63, 3.8) is 0 Å². The molecule has 3 aromatic rings. The molecule has 0 radical (unpaired) electrons. The van der Waals surface area contributed by atoms with Crippen LogP contribution in [0.4, 0.5) is 0 Å². The van der Waals surface area contributed by atoms with E-state index >= 15 is 0 Å². The Morgan fingerprint density at radius 1 is 1.20 bits per heavy atom. The van der Waals surface area contributed by atoms with Crippen molar-refractivity contribution in [2.24, 2.45) is 0 Å². The number of morpholine rings is 1. The van der Waals surface area contributed by atoms with E-state index in [1.54, 1.807) is 11.3 Å². The monoisotopic (exact) mass is 442 g/mol. The zero-order chi connectivity index (χ0) is 21.0. The molecule has 8 heteroatoms. The molecule has 1 aliphatic rings. The Bertz CT molecular complexity index is 1000. The molecule has 4 rings (SSSR count). The van der Waals surface area contributed by atoms with Crippen LogP contribution in [0.25, 0.3) is 21.6 Å². The number of fused-ring (bicyclic) bond motifs is 1. The molecule has 2 aromatic heterocycles. The van der Waals surface area contributed by atoms with Crippen LogP contribution in [0.1, 0.15) is 13.8 Å². The maximum Gasteiger partial charge on any atom is 0.230 e. The number of hydrogen-bond acceptors (Lipinski definition) is 7. The Kier molecular flexibility index (Phi) is 6.67. The smallest absolute Gasteiger partial charge is 0.230 e. The zero-order valence-electron chi connectivity index (χ0n) is 17.3. The molecule has 0 atom stereocenters. The van der Waals surface area contributed by atoms with Crippen LogP contribution in [0.15, 0.2) is 46.8 Å². The molecule has 0 saturated carbocycles. The van der Waals surface area contributed by atoms with Crippen molar-refractivity contribution in [1.82, 2.24) is 20.2 Å². The third-order valence-corrected chi connectivity index (χ3v) is 7.09. The standard InChI is InChI=1S/C22H26N4O2S2/c1-22(2,26-9-11-28-12-10-26)15-23-19(27)14-30-21-16-6-3-4-7-17(16)24-20(25-21)18-8-5-13-29-18/h3-8,13H,9-12,14-15H2,1-2H3,(H,23,27). The van der Waals surface area contributed by atoms with Crippen molar-refractivity contribution in [1.29, 1.82) is 0 Å². The lowest BCUT2D eigenvalue weighted by atomic mass is 10.0. The predicted octanol–water partition coefficient (Wildman–Crippen LogP) is 3.68. The molecule has 1 aromatic carbocycles. The molecule has 0 unspecified atom stereocenters. The Hall–Kier alpha value is -2.00. The Labute approximate surface area is 185 Å². The van der Waals surface area contributed by atoms with Crippen molar-refractivity contribution < 1.29 is 9.53 Å². The van der Waals surface area contributed by atoms with Gasteiger partial charge in [0.15, 0.2) is 5.82 Å². The lowest BCUT2D eigenvalue weighted by molar-refractivity contribution is -0.119. The molecule has 0 spiro atoms. The highest BCUT2D eigenvalue weighted by Gasteiger charge is 2.28. The van der Waals surface area contributed by atoms with Gasteiger partial charge in [-0.25, -0.2) is 9.97 Å². The largest absolute Gasteiger partial charge is 0.379 e. The predicted molar refractivity (Wildman–Crippen MR) is 123 cm³/mol. The summed E-state index contributed by atoms with van der Waals surface area (Å²) in [5.41, 5.74) is 0.796. The maximum absolute atomic E-state index is 12.6. The normalized spacial score (nSPS) is 15.4. The van der Waals surface area contributed by atoms with Gasteiger partial charge in [0, 0.05) is 30.6 Å². The first-order valence-electron chi connectivity index (χ1n) is 10.1. The number of carbonyl (C=O) groups is 1. The molecular weight excluding hydrogens is 416 g/mol. The lowest BCUT2D eigenvalue weighted by Gasteiger charge is -2.40. The molecule has 1 N–H and O–H groups in total. The second-order valence-electron chi connectivity index (χ2n) is 7.82. The van der Waals surface area contributed by atoms with Crippen molar-refractivity contribution in [2.45, 2.75) is 24.4 Å². The summed E-state index contributed by atoms with van der Waals surface area (Å²) in [5.74, 6) is 1.05. The number of benzene rings is 1. The maximum atomic E-state index is 12.6. The summed E-state index contributed by atoms with van der Waals surface area (Å²) in [6.45, 7) is 8.23. The Morgan fingerprint density at radius 3 is 2.77 bits per heavy atom. The van der Waals surface area contributed by atoms with E-state index in [-0.39, 0.29) is 11.4 Å². The van der Waals surface area contributed by atoms with Crippen molar-refractivity contribution >= 4 is 39.9 Å². The van der Waals surface area contributed by atoms with E-state index in [0.717, 1.165) is 47.1 Å². The fraction of sp³-hybridized carbons (Fsp3) is 0.409. The van der Waals surface area contributed by atoms with E-state index in [2.05, 4.69) is 24.1 Å². The first-order chi connectivity index (χ1) is 14.5. The van der Waals surface area contributed by atoms with Gasteiger partial charge in [-0.05, 0) is 31.4 Å². The molecule has 6 nitrogen and oxygen atoms in total. The molecule has 3 heterocycles. The molecule has 1 saturated heterocycles.